The van der Waals surface area contributed by atoms with Crippen LogP contribution in [-0.4, -0.2) is 32.8 Å². The quantitative estimate of drug-likeness (QED) is 0.549. The van der Waals surface area contributed by atoms with Gasteiger partial charge in [-0.2, -0.15) is 4.39 Å². The van der Waals surface area contributed by atoms with E-state index in [0.717, 1.165) is 0 Å². The number of pyridine rings is 1. The van der Waals surface area contributed by atoms with Gasteiger partial charge in [-0.3, -0.25) is 0 Å². The van der Waals surface area contributed by atoms with Gasteiger partial charge in [-0.1, -0.05) is 6.07 Å². The number of hydrogen-bond acceptors (Lipinski definition) is 5. The van der Waals surface area contributed by atoms with Crippen LogP contribution in [0.15, 0.2) is 24.5 Å². The molecule has 0 spiro atoms. The van der Waals surface area contributed by atoms with Gasteiger partial charge in [0.1, 0.15) is 6.33 Å². The zero-order chi connectivity index (χ0) is 11.5. The molecule has 82 valence electrons. The van der Waals surface area contributed by atoms with E-state index in [9.17, 15) is 9.18 Å². The molecule has 2 rings (SSSR count). The highest BCUT2D eigenvalue weighted by molar-refractivity contribution is 5.84. The first-order valence-electron chi connectivity index (χ1n) is 4.33. The molecule has 0 aliphatic rings. The summed E-state index contributed by atoms with van der Waals surface area (Å²) in [6.07, 6.45) is 1.26. The van der Waals surface area contributed by atoms with Crippen LogP contribution >= 0.6 is 0 Å². The van der Waals surface area contributed by atoms with Crippen molar-refractivity contribution in [2.45, 2.75) is 0 Å². The molecular weight excluding hydrogens is 215 g/mol. The minimum atomic E-state index is -0.657. The maximum absolute atomic E-state index is 12.8. The van der Waals surface area contributed by atoms with Crippen LogP contribution in [0, 0.1) is 5.95 Å². The van der Waals surface area contributed by atoms with Crippen LogP contribution in [0.3, 0.4) is 0 Å². The molecule has 0 bridgehead atoms. The van der Waals surface area contributed by atoms with Gasteiger partial charge < -0.3 is 4.74 Å². The molecule has 6 nitrogen and oxygen atoms in total. The number of rotatable bonds is 2. The third-order valence-electron chi connectivity index (χ3n) is 1.79. The van der Waals surface area contributed by atoms with E-state index in [4.69, 9.17) is 0 Å². The summed E-state index contributed by atoms with van der Waals surface area (Å²) in [6.45, 7) is 0. The Balaban J connectivity index is 2.35. The number of aromatic nitrogens is 4. The highest BCUT2D eigenvalue weighted by Crippen LogP contribution is 2.03. The van der Waals surface area contributed by atoms with E-state index < -0.39 is 11.9 Å². The second-order valence-electron chi connectivity index (χ2n) is 2.82. The summed E-state index contributed by atoms with van der Waals surface area (Å²) in [5, 5.41) is 3.79. The molecule has 0 amide bonds. The van der Waals surface area contributed by atoms with Crippen molar-refractivity contribution in [1.29, 1.82) is 0 Å². The highest BCUT2D eigenvalue weighted by Gasteiger charge is 2.12. The predicted octanol–water partition coefficient (Wildman–Crippen LogP) is 0.588. The average molecular weight is 222 g/mol. The fourth-order valence-corrected chi connectivity index (χ4v) is 1.08. The van der Waals surface area contributed by atoms with Gasteiger partial charge in [0.2, 0.25) is 5.95 Å². The van der Waals surface area contributed by atoms with Crippen LogP contribution in [0.25, 0.3) is 5.82 Å². The van der Waals surface area contributed by atoms with Gasteiger partial charge >= 0.3 is 5.97 Å². The van der Waals surface area contributed by atoms with Gasteiger partial charge in [0.25, 0.3) is 5.82 Å². The number of carbonyl (C=O) groups is 1. The second-order valence-corrected chi connectivity index (χ2v) is 2.82. The fourth-order valence-electron chi connectivity index (χ4n) is 1.08. The minimum Gasteiger partial charge on any atom is -0.463 e. The van der Waals surface area contributed by atoms with Gasteiger partial charge in [-0.15, -0.1) is 5.10 Å². The first kappa shape index (κ1) is 10.2. The highest BCUT2D eigenvalue weighted by atomic mass is 19.1. The zero-order valence-electron chi connectivity index (χ0n) is 8.29. The fraction of sp³-hybridized carbons (Fsp3) is 0.111. The normalized spacial score (nSPS) is 10.1. The molecule has 2 aromatic rings. The lowest BCUT2D eigenvalue weighted by molar-refractivity contribution is 0.0587. The lowest BCUT2D eigenvalue weighted by atomic mass is 10.4. The van der Waals surface area contributed by atoms with Crippen molar-refractivity contribution in [3.63, 3.8) is 0 Å². The largest absolute Gasteiger partial charge is 0.463 e. The number of carbonyl (C=O) groups excluding carboxylic acids is 1. The van der Waals surface area contributed by atoms with Crippen molar-refractivity contribution in [3.05, 3.63) is 36.3 Å². The van der Waals surface area contributed by atoms with Crippen LogP contribution < -0.4 is 0 Å². The van der Waals surface area contributed by atoms with E-state index >= 15 is 0 Å². The number of methoxy groups -OCH3 is 1. The summed E-state index contributed by atoms with van der Waals surface area (Å²) < 4.78 is 18.4. The van der Waals surface area contributed by atoms with E-state index in [1.165, 1.54) is 30.3 Å². The van der Waals surface area contributed by atoms with Crippen molar-refractivity contribution in [3.8, 4) is 5.82 Å². The number of halogens is 1. The maximum Gasteiger partial charge on any atom is 0.377 e. The van der Waals surface area contributed by atoms with Gasteiger partial charge in [0, 0.05) is 0 Å². The summed E-state index contributed by atoms with van der Waals surface area (Å²) in [4.78, 5) is 18.4. The molecule has 0 fully saturated rings. The summed E-state index contributed by atoms with van der Waals surface area (Å²) in [5.74, 6) is -1.15. The Morgan fingerprint density at radius 1 is 1.50 bits per heavy atom. The van der Waals surface area contributed by atoms with Crippen molar-refractivity contribution in [2.75, 3.05) is 7.11 Å². The molecule has 0 N–H and O–H groups in total. The van der Waals surface area contributed by atoms with E-state index in [1.807, 2.05) is 0 Å². The molecule has 7 heteroatoms. The Morgan fingerprint density at radius 3 is 3.00 bits per heavy atom. The van der Waals surface area contributed by atoms with E-state index in [0.29, 0.717) is 0 Å². The first-order chi connectivity index (χ1) is 7.70. The van der Waals surface area contributed by atoms with Gasteiger partial charge in [-0.25, -0.2) is 19.4 Å². The van der Waals surface area contributed by atoms with Crippen LogP contribution in [0.5, 0.6) is 0 Å². The molecule has 0 unspecified atom stereocenters. The van der Waals surface area contributed by atoms with Gasteiger partial charge in [0.05, 0.1) is 7.11 Å². The summed E-state index contributed by atoms with van der Waals surface area (Å²) >= 11 is 0. The number of hydrogen-bond donors (Lipinski definition) is 0. The number of esters is 1. The smallest absolute Gasteiger partial charge is 0.377 e. The van der Waals surface area contributed by atoms with Crippen LogP contribution in [-0.2, 0) is 4.74 Å². The van der Waals surface area contributed by atoms with E-state index in [2.05, 4.69) is 19.8 Å². The lowest BCUT2D eigenvalue weighted by Gasteiger charge is -1.97. The van der Waals surface area contributed by atoms with E-state index in [-0.39, 0.29) is 11.6 Å². The number of nitrogens with zero attached hydrogens (tertiary/aromatic N) is 4. The second kappa shape index (κ2) is 4.05. The monoisotopic (exact) mass is 222 g/mol. The molecular formula is C9H7FN4O2. The van der Waals surface area contributed by atoms with Crippen molar-refractivity contribution in [2.24, 2.45) is 0 Å². The molecule has 16 heavy (non-hydrogen) atoms. The Hall–Kier alpha value is -2.31. The van der Waals surface area contributed by atoms with Crippen molar-refractivity contribution < 1.29 is 13.9 Å². The van der Waals surface area contributed by atoms with Crippen molar-refractivity contribution >= 4 is 5.97 Å². The van der Waals surface area contributed by atoms with E-state index in [1.54, 1.807) is 6.07 Å². The zero-order valence-corrected chi connectivity index (χ0v) is 8.29. The standard InChI is InChI=1S/C9H7FN4O2/c1-16-9(15)8-11-5-14(13-8)7-4-2-3-6(10)12-7/h2-5H,1H3. The topological polar surface area (TPSA) is 69.9 Å². The molecule has 0 aliphatic heterocycles. The molecule has 2 heterocycles. The maximum atomic E-state index is 12.8. The molecule has 0 aliphatic carbocycles. The van der Waals surface area contributed by atoms with Crippen LogP contribution in [0.2, 0.25) is 0 Å². The third kappa shape index (κ3) is 1.88. The summed E-state index contributed by atoms with van der Waals surface area (Å²) in [6, 6.07) is 4.23. The molecule has 0 radical (unpaired) electrons. The molecule has 0 saturated heterocycles. The molecule has 0 saturated carbocycles. The summed E-state index contributed by atoms with van der Waals surface area (Å²) in [7, 11) is 1.23. The third-order valence-corrected chi connectivity index (χ3v) is 1.79. The van der Waals surface area contributed by atoms with Gasteiger partial charge in [-0.05, 0) is 12.1 Å². The van der Waals surface area contributed by atoms with Crippen LogP contribution in [0.1, 0.15) is 10.6 Å². The molecule has 0 atom stereocenters. The Bertz CT molecular complexity index is 526. The average Bonchev–Trinajstić information content (AvgIpc) is 2.77. The minimum absolute atomic E-state index is 0.103. The predicted molar refractivity (Wildman–Crippen MR) is 50.5 cm³/mol. The summed E-state index contributed by atoms with van der Waals surface area (Å²) in [5.41, 5.74) is 0. The van der Waals surface area contributed by atoms with Crippen LogP contribution in [0.4, 0.5) is 4.39 Å². The number of ether oxygens (including phenoxy) is 1. The Labute approximate surface area is 89.7 Å². The van der Waals surface area contributed by atoms with Gasteiger partial charge in [0.15, 0.2) is 5.82 Å². The first-order valence-corrected chi connectivity index (χ1v) is 4.33. The lowest BCUT2D eigenvalue weighted by Crippen LogP contribution is -2.06. The Kier molecular flexibility index (Phi) is 2.59. The SMILES string of the molecule is COC(=O)c1ncn(-c2cccc(F)n2)n1. The molecule has 2 aromatic heterocycles. The van der Waals surface area contributed by atoms with Crippen molar-refractivity contribution in [1.82, 2.24) is 19.7 Å². The molecule has 0 aromatic carbocycles. The Morgan fingerprint density at radius 2 is 2.31 bits per heavy atom.